The van der Waals surface area contributed by atoms with Crippen molar-refractivity contribution in [1.82, 2.24) is 10.2 Å². The Hall–Kier alpha value is -1.91. The number of methoxy groups -OCH3 is 1. The van der Waals surface area contributed by atoms with Gasteiger partial charge in [-0.15, -0.1) is 0 Å². The molecule has 1 heterocycles. The smallest absolute Gasteiger partial charge is 0.123 e. The molecule has 0 unspecified atom stereocenters. The molecule has 2 aromatic rings. The Morgan fingerprint density at radius 3 is 2.74 bits per heavy atom. The third-order valence-corrected chi connectivity index (χ3v) is 6.67. The van der Waals surface area contributed by atoms with Gasteiger partial charge in [0.2, 0.25) is 0 Å². The van der Waals surface area contributed by atoms with E-state index in [1.54, 1.807) is 19.2 Å². The summed E-state index contributed by atoms with van der Waals surface area (Å²) in [5.74, 6) is 0.769. The van der Waals surface area contributed by atoms with Crippen LogP contribution in [0.3, 0.4) is 0 Å². The fraction of sp³-hybridized carbons (Fsp3) is 0.478. The van der Waals surface area contributed by atoms with Gasteiger partial charge in [0.05, 0.1) is 7.11 Å². The van der Waals surface area contributed by atoms with Gasteiger partial charge in [-0.3, -0.25) is 0 Å². The number of nitrogens with zero attached hydrogens (tertiary/aromatic N) is 1. The van der Waals surface area contributed by atoms with Crippen LogP contribution in [0.5, 0.6) is 5.75 Å². The molecule has 0 saturated carbocycles. The van der Waals surface area contributed by atoms with Crippen LogP contribution < -0.4 is 10.1 Å². The molecule has 3 atom stereocenters. The zero-order valence-electron chi connectivity index (χ0n) is 16.5. The van der Waals surface area contributed by atoms with E-state index in [-0.39, 0.29) is 11.2 Å². The van der Waals surface area contributed by atoms with Crippen molar-refractivity contribution >= 4 is 0 Å². The van der Waals surface area contributed by atoms with E-state index in [0.717, 1.165) is 38.1 Å². The number of hydrogen-bond donors (Lipinski definition) is 1. The van der Waals surface area contributed by atoms with Gasteiger partial charge in [0.1, 0.15) is 11.6 Å². The van der Waals surface area contributed by atoms with Crippen LogP contribution in [0.15, 0.2) is 42.5 Å². The second kappa shape index (κ2) is 7.25. The number of rotatable bonds is 5. The van der Waals surface area contributed by atoms with Gasteiger partial charge in [0.15, 0.2) is 0 Å². The molecule has 0 radical (unpaired) electrons. The summed E-state index contributed by atoms with van der Waals surface area (Å²) < 4.78 is 18.6. The minimum Gasteiger partial charge on any atom is -0.497 e. The average molecular weight is 368 g/mol. The maximum absolute atomic E-state index is 13.1. The molecular formula is C23H29FN2O. The van der Waals surface area contributed by atoms with Crippen molar-refractivity contribution in [1.29, 1.82) is 0 Å². The first kappa shape index (κ1) is 18.5. The van der Waals surface area contributed by atoms with Gasteiger partial charge in [-0.05, 0) is 80.4 Å². The lowest BCUT2D eigenvalue weighted by atomic mass is 9.61. The average Bonchev–Trinajstić information content (AvgIpc) is 2.68. The first-order chi connectivity index (χ1) is 13.0. The lowest BCUT2D eigenvalue weighted by Gasteiger charge is -2.55. The molecule has 27 heavy (non-hydrogen) atoms. The Kier molecular flexibility index (Phi) is 4.95. The van der Waals surface area contributed by atoms with Crippen LogP contribution in [0.2, 0.25) is 0 Å². The highest BCUT2D eigenvalue weighted by atomic mass is 19.1. The highest BCUT2D eigenvalue weighted by molar-refractivity contribution is 5.45. The molecule has 4 rings (SSSR count). The summed E-state index contributed by atoms with van der Waals surface area (Å²) in [6, 6.07) is 14.3. The van der Waals surface area contributed by atoms with Crippen molar-refractivity contribution in [3.63, 3.8) is 0 Å². The largest absolute Gasteiger partial charge is 0.497 e. The maximum atomic E-state index is 13.1. The molecule has 1 aliphatic carbocycles. The van der Waals surface area contributed by atoms with Crippen LogP contribution in [0.1, 0.15) is 30.0 Å². The molecular weight excluding hydrogens is 339 g/mol. The van der Waals surface area contributed by atoms with Crippen LogP contribution in [-0.4, -0.2) is 44.2 Å². The summed E-state index contributed by atoms with van der Waals surface area (Å²) in [5.41, 5.74) is 4.16. The third-order valence-electron chi connectivity index (χ3n) is 6.67. The molecule has 144 valence electrons. The normalized spacial score (nSPS) is 27.3. The summed E-state index contributed by atoms with van der Waals surface area (Å²) >= 11 is 0. The Morgan fingerprint density at radius 1 is 1.22 bits per heavy atom. The first-order valence-corrected chi connectivity index (χ1v) is 9.87. The summed E-state index contributed by atoms with van der Waals surface area (Å²) in [4.78, 5) is 2.50. The molecule has 2 bridgehead atoms. The second-order valence-electron chi connectivity index (χ2n) is 8.25. The Balaban J connectivity index is 1.56. The molecule has 0 aromatic heterocycles. The minimum absolute atomic E-state index is 0.0993. The summed E-state index contributed by atoms with van der Waals surface area (Å²) in [6.45, 7) is 4.42. The van der Waals surface area contributed by atoms with Crippen LogP contribution in [0, 0.1) is 5.82 Å². The van der Waals surface area contributed by atoms with Crippen molar-refractivity contribution in [2.75, 3.05) is 27.2 Å². The lowest BCUT2D eigenvalue weighted by Crippen LogP contribution is -2.66. The number of benzene rings is 2. The van der Waals surface area contributed by atoms with Crippen molar-refractivity contribution in [3.8, 4) is 5.75 Å². The van der Waals surface area contributed by atoms with Crippen LogP contribution in [0.25, 0.3) is 0 Å². The minimum atomic E-state index is -0.173. The zero-order valence-corrected chi connectivity index (χ0v) is 16.5. The zero-order chi connectivity index (χ0) is 19.0. The highest BCUT2D eigenvalue weighted by Gasteiger charge is 2.49. The molecule has 4 heteroatoms. The highest BCUT2D eigenvalue weighted by Crippen LogP contribution is 2.45. The number of nitrogens with one attached hydrogen (secondary N) is 1. The number of halogens is 1. The molecule has 1 fully saturated rings. The number of hydrogen-bond acceptors (Lipinski definition) is 3. The van der Waals surface area contributed by atoms with Gasteiger partial charge < -0.3 is 15.0 Å². The third kappa shape index (κ3) is 3.37. The Bertz CT molecular complexity index is 807. The number of likely N-dealkylation sites (tertiary alicyclic amines) is 1. The summed E-state index contributed by atoms with van der Waals surface area (Å²) in [6.07, 6.45) is 3.11. The van der Waals surface area contributed by atoms with Crippen LogP contribution in [-0.2, 0) is 18.3 Å². The monoisotopic (exact) mass is 368 g/mol. The van der Waals surface area contributed by atoms with E-state index >= 15 is 0 Å². The van der Waals surface area contributed by atoms with Crippen LogP contribution in [0.4, 0.5) is 4.39 Å². The van der Waals surface area contributed by atoms with E-state index in [0.29, 0.717) is 12.1 Å². The quantitative estimate of drug-likeness (QED) is 0.873. The Morgan fingerprint density at radius 2 is 2.00 bits per heavy atom. The van der Waals surface area contributed by atoms with E-state index in [9.17, 15) is 4.39 Å². The standard InChI is InChI=1S/C23H29FN2O/c1-23-11-13-26(2)21(14-17-6-9-19(27-3)15-20(17)23)22(23)25-12-10-16-4-7-18(24)8-5-16/h4-9,15,21-22,25H,10-14H2,1-3H3/t21-,22-,23-/m1/s1. The summed E-state index contributed by atoms with van der Waals surface area (Å²) in [5, 5.41) is 3.86. The number of likely N-dealkylation sites (N-methyl/N-ethyl adjacent to an activating group) is 1. The molecule has 0 amide bonds. The van der Waals surface area contributed by atoms with Gasteiger partial charge >= 0.3 is 0 Å². The van der Waals surface area contributed by atoms with E-state index in [1.807, 2.05) is 12.1 Å². The van der Waals surface area contributed by atoms with Gasteiger partial charge in [-0.2, -0.15) is 0 Å². The van der Waals surface area contributed by atoms with Crippen molar-refractivity contribution in [2.24, 2.45) is 0 Å². The topological polar surface area (TPSA) is 24.5 Å². The van der Waals surface area contributed by atoms with Crippen molar-refractivity contribution in [3.05, 3.63) is 65.0 Å². The van der Waals surface area contributed by atoms with E-state index in [2.05, 4.69) is 42.4 Å². The number of ether oxygens (including phenoxy) is 1. The molecule has 2 aliphatic rings. The number of fused-ring (bicyclic) bond motifs is 4. The molecule has 3 nitrogen and oxygen atoms in total. The van der Waals surface area contributed by atoms with Crippen molar-refractivity contribution in [2.45, 2.75) is 43.7 Å². The van der Waals surface area contributed by atoms with Gasteiger partial charge in [-0.25, -0.2) is 4.39 Å². The van der Waals surface area contributed by atoms with Gasteiger partial charge in [0, 0.05) is 17.5 Å². The first-order valence-electron chi connectivity index (χ1n) is 9.87. The molecule has 1 saturated heterocycles. The predicted molar refractivity (Wildman–Crippen MR) is 107 cm³/mol. The predicted octanol–water partition coefficient (Wildman–Crippen LogP) is 3.55. The molecule has 0 spiro atoms. The molecule has 2 aromatic carbocycles. The van der Waals surface area contributed by atoms with E-state index in [1.165, 1.54) is 16.7 Å². The lowest BCUT2D eigenvalue weighted by molar-refractivity contribution is 0.0663. The molecule has 1 N–H and O–H groups in total. The van der Waals surface area contributed by atoms with E-state index in [4.69, 9.17) is 4.74 Å². The van der Waals surface area contributed by atoms with Gasteiger partial charge in [-0.1, -0.05) is 25.1 Å². The van der Waals surface area contributed by atoms with E-state index < -0.39 is 0 Å². The summed E-state index contributed by atoms with van der Waals surface area (Å²) in [7, 11) is 3.98. The van der Waals surface area contributed by atoms with Crippen molar-refractivity contribution < 1.29 is 9.13 Å². The molecule has 1 aliphatic heterocycles. The SMILES string of the molecule is COc1ccc2c(c1)[C@@]1(C)CCN(C)[C@H](C2)[C@H]1NCCc1ccc(F)cc1. The Labute approximate surface area is 161 Å². The fourth-order valence-electron chi connectivity index (χ4n) is 4.99. The number of piperidine rings is 1. The second-order valence-corrected chi connectivity index (χ2v) is 8.25. The van der Waals surface area contributed by atoms with Crippen LogP contribution >= 0.6 is 0 Å². The maximum Gasteiger partial charge on any atom is 0.123 e. The fourth-order valence-corrected chi connectivity index (χ4v) is 4.99. The van der Waals surface area contributed by atoms with Gasteiger partial charge in [0.25, 0.3) is 0 Å².